The van der Waals surface area contributed by atoms with E-state index < -0.39 is 0 Å². The monoisotopic (exact) mass is 352 g/mol. The molecule has 0 saturated heterocycles. The number of carbonyl (C=O) groups excluding carboxylic acids is 1. The number of esters is 1. The zero-order valence-electron chi connectivity index (χ0n) is 16.3. The molecule has 0 unspecified atom stereocenters. The Hall–Kier alpha value is -2.09. The van der Waals surface area contributed by atoms with Gasteiger partial charge in [0.15, 0.2) is 0 Å². The van der Waals surface area contributed by atoms with E-state index in [1.165, 1.54) is 43.2 Å². The number of carbonyl (C=O) groups is 1. The summed E-state index contributed by atoms with van der Waals surface area (Å²) in [6, 6.07) is 16.5. The second kappa shape index (κ2) is 11.5. The summed E-state index contributed by atoms with van der Waals surface area (Å²) < 4.78 is 5.34. The summed E-state index contributed by atoms with van der Waals surface area (Å²) in [5.74, 6) is -0.223. The highest BCUT2D eigenvalue weighted by Crippen LogP contribution is 2.21. The summed E-state index contributed by atoms with van der Waals surface area (Å²) in [6.45, 7) is 4.92. The number of aryl methyl sites for hydroxylation is 1. The molecule has 0 aliphatic carbocycles. The lowest BCUT2D eigenvalue weighted by Crippen LogP contribution is -2.06. The molecule has 140 valence electrons. The smallest absolute Gasteiger partial charge is 0.338 e. The third-order valence-corrected chi connectivity index (χ3v) is 4.71. The fraction of sp³-hybridized carbons (Fsp3) is 0.458. The lowest BCUT2D eigenvalue weighted by Gasteiger charge is -2.07. The fourth-order valence-electron chi connectivity index (χ4n) is 3.02. The van der Waals surface area contributed by atoms with Crippen LogP contribution in [-0.2, 0) is 11.2 Å². The van der Waals surface area contributed by atoms with Crippen molar-refractivity contribution in [2.45, 2.75) is 65.2 Å². The van der Waals surface area contributed by atoms with Crippen molar-refractivity contribution in [1.82, 2.24) is 0 Å². The van der Waals surface area contributed by atoms with E-state index in [9.17, 15) is 4.79 Å². The Morgan fingerprint density at radius 3 is 1.92 bits per heavy atom. The minimum atomic E-state index is -0.223. The van der Waals surface area contributed by atoms with E-state index in [0.717, 1.165) is 24.8 Å². The molecule has 0 fully saturated rings. The quantitative estimate of drug-likeness (QED) is 0.327. The van der Waals surface area contributed by atoms with E-state index in [1.807, 2.05) is 24.3 Å². The molecule has 2 aromatic carbocycles. The first-order valence-corrected chi connectivity index (χ1v) is 10.1. The Morgan fingerprint density at radius 2 is 1.31 bits per heavy atom. The molecule has 0 aliphatic heterocycles. The summed E-state index contributed by atoms with van der Waals surface area (Å²) in [5, 5.41) is 0. The van der Waals surface area contributed by atoms with Gasteiger partial charge in [-0.2, -0.15) is 0 Å². The predicted octanol–water partition coefficient (Wildman–Crippen LogP) is 6.82. The predicted molar refractivity (Wildman–Crippen MR) is 110 cm³/mol. The largest absolute Gasteiger partial charge is 0.462 e. The summed E-state index contributed by atoms with van der Waals surface area (Å²) in [7, 11) is 0. The molecule has 0 aliphatic rings. The SMILES string of the molecule is CCCCCCOC(=O)c1ccc(-c2ccc(CCCCC)cc2)cc1. The molecule has 0 amide bonds. The highest BCUT2D eigenvalue weighted by Gasteiger charge is 2.07. The molecule has 2 nitrogen and oxygen atoms in total. The molecule has 0 atom stereocenters. The van der Waals surface area contributed by atoms with Gasteiger partial charge in [0.1, 0.15) is 0 Å². The van der Waals surface area contributed by atoms with Gasteiger partial charge in [0, 0.05) is 0 Å². The average molecular weight is 353 g/mol. The van der Waals surface area contributed by atoms with Crippen LogP contribution in [0.4, 0.5) is 0 Å². The van der Waals surface area contributed by atoms with E-state index in [1.54, 1.807) is 0 Å². The molecule has 2 heteroatoms. The number of rotatable bonds is 11. The van der Waals surface area contributed by atoms with Crippen molar-refractivity contribution in [3.63, 3.8) is 0 Å². The Morgan fingerprint density at radius 1 is 0.731 bits per heavy atom. The number of hydrogen-bond donors (Lipinski definition) is 0. The van der Waals surface area contributed by atoms with Gasteiger partial charge < -0.3 is 4.74 Å². The van der Waals surface area contributed by atoms with Crippen molar-refractivity contribution in [1.29, 1.82) is 0 Å². The second-order valence-corrected chi connectivity index (χ2v) is 6.93. The molecule has 0 aromatic heterocycles. The Labute approximate surface area is 158 Å². The molecule has 0 saturated carbocycles. The first kappa shape index (κ1) is 20.2. The summed E-state index contributed by atoms with van der Waals surface area (Å²) in [4.78, 5) is 12.1. The molecular formula is C24H32O2. The molecule has 26 heavy (non-hydrogen) atoms. The van der Waals surface area contributed by atoms with Gasteiger partial charge >= 0.3 is 5.97 Å². The first-order valence-electron chi connectivity index (χ1n) is 10.1. The summed E-state index contributed by atoms with van der Waals surface area (Å²) in [6.07, 6.45) is 9.41. The van der Waals surface area contributed by atoms with Crippen molar-refractivity contribution in [2.24, 2.45) is 0 Å². The van der Waals surface area contributed by atoms with Crippen LogP contribution in [0.3, 0.4) is 0 Å². The molecule has 0 heterocycles. The van der Waals surface area contributed by atoms with Crippen LogP contribution in [-0.4, -0.2) is 12.6 Å². The van der Waals surface area contributed by atoms with Gasteiger partial charge in [-0.05, 0) is 48.1 Å². The first-order chi connectivity index (χ1) is 12.7. The van der Waals surface area contributed by atoms with Crippen LogP contribution < -0.4 is 0 Å². The van der Waals surface area contributed by atoms with Crippen LogP contribution in [0.5, 0.6) is 0 Å². The maximum absolute atomic E-state index is 12.1. The maximum atomic E-state index is 12.1. The highest BCUT2D eigenvalue weighted by molar-refractivity contribution is 5.90. The standard InChI is InChI=1S/C24H32O2/c1-3-5-7-9-19-26-24(25)23-17-15-22(16-18-23)21-13-11-20(12-14-21)10-8-6-4-2/h11-18H,3-10,19H2,1-2H3. The molecule has 2 aromatic rings. The Kier molecular flexibility index (Phi) is 8.95. The Bertz CT molecular complexity index is 641. The van der Waals surface area contributed by atoms with Crippen LogP contribution in [0.2, 0.25) is 0 Å². The Balaban J connectivity index is 1.87. The lowest BCUT2D eigenvalue weighted by molar-refractivity contribution is 0.0498. The highest BCUT2D eigenvalue weighted by atomic mass is 16.5. The van der Waals surface area contributed by atoms with Crippen LogP contribution in [0, 0.1) is 0 Å². The van der Waals surface area contributed by atoms with Gasteiger partial charge in [-0.15, -0.1) is 0 Å². The topological polar surface area (TPSA) is 26.3 Å². The van der Waals surface area contributed by atoms with E-state index in [0.29, 0.717) is 12.2 Å². The number of hydrogen-bond acceptors (Lipinski definition) is 2. The van der Waals surface area contributed by atoms with Gasteiger partial charge in [-0.3, -0.25) is 0 Å². The van der Waals surface area contributed by atoms with Crippen LogP contribution in [0.1, 0.15) is 74.7 Å². The lowest BCUT2D eigenvalue weighted by atomic mass is 10.0. The summed E-state index contributed by atoms with van der Waals surface area (Å²) in [5.41, 5.74) is 4.33. The number of ether oxygens (including phenoxy) is 1. The van der Waals surface area contributed by atoms with Crippen molar-refractivity contribution in [3.05, 3.63) is 59.7 Å². The second-order valence-electron chi connectivity index (χ2n) is 6.93. The zero-order chi connectivity index (χ0) is 18.6. The summed E-state index contributed by atoms with van der Waals surface area (Å²) >= 11 is 0. The van der Waals surface area contributed by atoms with Gasteiger partial charge in [0.25, 0.3) is 0 Å². The fourth-order valence-corrected chi connectivity index (χ4v) is 3.02. The number of unbranched alkanes of at least 4 members (excludes halogenated alkanes) is 5. The van der Waals surface area contributed by atoms with Crippen LogP contribution in [0.15, 0.2) is 48.5 Å². The molecule has 0 radical (unpaired) electrons. The van der Waals surface area contributed by atoms with Gasteiger partial charge in [0.2, 0.25) is 0 Å². The van der Waals surface area contributed by atoms with Crippen molar-refractivity contribution in [2.75, 3.05) is 6.61 Å². The zero-order valence-corrected chi connectivity index (χ0v) is 16.3. The van der Waals surface area contributed by atoms with E-state index in [4.69, 9.17) is 4.74 Å². The maximum Gasteiger partial charge on any atom is 0.338 e. The third-order valence-electron chi connectivity index (χ3n) is 4.71. The number of benzene rings is 2. The van der Waals surface area contributed by atoms with E-state index in [2.05, 4.69) is 38.1 Å². The van der Waals surface area contributed by atoms with Crippen molar-refractivity contribution >= 4 is 5.97 Å². The molecule has 0 spiro atoms. The average Bonchev–Trinajstić information content (AvgIpc) is 2.68. The minimum Gasteiger partial charge on any atom is -0.462 e. The van der Waals surface area contributed by atoms with Crippen LogP contribution in [0.25, 0.3) is 11.1 Å². The van der Waals surface area contributed by atoms with Gasteiger partial charge in [-0.25, -0.2) is 4.79 Å². The minimum absolute atomic E-state index is 0.223. The van der Waals surface area contributed by atoms with Crippen molar-refractivity contribution in [3.8, 4) is 11.1 Å². The molecule has 0 N–H and O–H groups in total. The van der Waals surface area contributed by atoms with Crippen LogP contribution >= 0.6 is 0 Å². The van der Waals surface area contributed by atoms with E-state index in [-0.39, 0.29) is 5.97 Å². The van der Waals surface area contributed by atoms with Gasteiger partial charge in [-0.1, -0.05) is 82.3 Å². The molecule has 0 bridgehead atoms. The van der Waals surface area contributed by atoms with Crippen molar-refractivity contribution < 1.29 is 9.53 Å². The molecule has 2 rings (SSSR count). The van der Waals surface area contributed by atoms with Gasteiger partial charge in [0.05, 0.1) is 12.2 Å². The van der Waals surface area contributed by atoms with E-state index >= 15 is 0 Å². The normalized spacial score (nSPS) is 10.7. The molecular weight excluding hydrogens is 320 g/mol. The third kappa shape index (κ3) is 6.67.